The lowest BCUT2D eigenvalue weighted by Crippen LogP contribution is -2.48. The maximum absolute atomic E-state index is 12.9. The maximum atomic E-state index is 12.9. The second-order valence-corrected chi connectivity index (χ2v) is 9.24. The van der Waals surface area contributed by atoms with Gasteiger partial charge in [-0.3, -0.25) is 19.3 Å². The second-order valence-electron chi connectivity index (χ2n) is 9.24. The first-order chi connectivity index (χ1) is 16.5. The number of rotatable bonds is 6. The van der Waals surface area contributed by atoms with Crippen LogP contribution in [-0.4, -0.2) is 65.2 Å². The number of hydrogen-bond donors (Lipinski definition) is 2. The molecule has 0 saturated carbocycles. The molecular formula is C26H33N5O3. The molecule has 1 atom stereocenters. The van der Waals surface area contributed by atoms with Crippen molar-refractivity contribution >= 4 is 29.2 Å². The zero-order valence-corrected chi connectivity index (χ0v) is 19.7. The lowest BCUT2D eigenvalue weighted by atomic mass is 9.95. The molecule has 2 aliphatic rings. The van der Waals surface area contributed by atoms with Gasteiger partial charge in [-0.15, -0.1) is 0 Å². The maximum Gasteiger partial charge on any atom is 0.236 e. The van der Waals surface area contributed by atoms with Crippen molar-refractivity contribution in [3.63, 3.8) is 0 Å². The molecule has 8 heteroatoms. The summed E-state index contributed by atoms with van der Waals surface area (Å²) in [5, 5.41) is 5.88. The number of para-hydroxylation sites is 1. The van der Waals surface area contributed by atoms with Crippen LogP contribution in [0.25, 0.3) is 0 Å². The van der Waals surface area contributed by atoms with Gasteiger partial charge in [-0.2, -0.15) is 0 Å². The highest BCUT2D eigenvalue weighted by molar-refractivity contribution is 5.93. The Kier molecular flexibility index (Phi) is 7.90. The molecule has 180 valence electrons. The van der Waals surface area contributed by atoms with E-state index in [1.807, 2.05) is 54.3 Å². The van der Waals surface area contributed by atoms with Crippen molar-refractivity contribution in [3.8, 4) is 0 Å². The molecule has 2 fully saturated rings. The van der Waals surface area contributed by atoms with Crippen molar-refractivity contribution in [2.75, 3.05) is 43.4 Å². The largest absolute Gasteiger partial charge is 0.342 e. The van der Waals surface area contributed by atoms with Crippen molar-refractivity contribution in [1.82, 2.24) is 14.8 Å². The normalized spacial score (nSPS) is 19.4. The van der Waals surface area contributed by atoms with Crippen molar-refractivity contribution in [2.24, 2.45) is 11.8 Å². The van der Waals surface area contributed by atoms with E-state index in [4.69, 9.17) is 0 Å². The number of carbonyl (C=O) groups excluding carboxylic acids is 3. The van der Waals surface area contributed by atoms with E-state index >= 15 is 0 Å². The molecule has 0 radical (unpaired) electrons. The van der Waals surface area contributed by atoms with E-state index < -0.39 is 0 Å². The third kappa shape index (κ3) is 6.41. The summed E-state index contributed by atoms with van der Waals surface area (Å²) in [5.74, 6) is 0.381. The molecule has 2 aliphatic heterocycles. The molecule has 3 amide bonds. The number of aryl methyl sites for hydroxylation is 1. The van der Waals surface area contributed by atoms with Gasteiger partial charge in [0.1, 0.15) is 5.82 Å². The van der Waals surface area contributed by atoms with Crippen LogP contribution >= 0.6 is 0 Å². The number of aromatic nitrogens is 1. The fraction of sp³-hybridized carbons (Fsp3) is 0.462. The Morgan fingerprint density at radius 2 is 1.62 bits per heavy atom. The molecule has 0 bridgehead atoms. The summed E-state index contributed by atoms with van der Waals surface area (Å²) in [4.78, 5) is 46.5. The summed E-state index contributed by atoms with van der Waals surface area (Å²) in [6, 6.07) is 15.0. The molecule has 0 spiro atoms. The molecule has 0 aliphatic carbocycles. The first-order valence-corrected chi connectivity index (χ1v) is 12.1. The Balaban J connectivity index is 1.22. The highest BCUT2D eigenvalue weighted by Gasteiger charge is 2.31. The van der Waals surface area contributed by atoms with Gasteiger partial charge in [-0.1, -0.05) is 24.3 Å². The third-order valence-electron chi connectivity index (χ3n) is 6.63. The number of nitrogens with one attached hydrogen (secondary N) is 2. The van der Waals surface area contributed by atoms with Crippen molar-refractivity contribution in [3.05, 3.63) is 54.2 Å². The number of amides is 3. The second kappa shape index (κ2) is 11.2. The Bertz CT molecular complexity index is 1000. The van der Waals surface area contributed by atoms with Gasteiger partial charge in [0.2, 0.25) is 17.7 Å². The fourth-order valence-electron chi connectivity index (χ4n) is 4.70. The number of hydrogen-bond acceptors (Lipinski definition) is 5. The quantitative estimate of drug-likeness (QED) is 0.687. The zero-order chi connectivity index (χ0) is 23.9. The number of likely N-dealkylation sites (tertiary alicyclic amines) is 2. The Morgan fingerprint density at radius 3 is 2.35 bits per heavy atom. The average Bonchev–Trinajstić information content (AvgIpc) is 2.85. The van der Waals surface area contributed by atoms with Crippen LogP contribution in [0.4, 0.5) is 11.5 Å². The number of anilines is 2. The first-order valence-electron chi connectivity index (χ1n) is 12.1. The van der Waals surface area contributed by atoms with Crippen molar-refractivity contribution in [2.45, 2.75) is 32.6 Å². The third-order valence-corrected chi connectivity index (χ3v) is 6.63. The summed E-state index contributed by atoms with van der Waals surface area (Å²) in [5.41, 5.74) is 1.66. The van der Waals surface area contributed by atoms with E-state index in [1.54, 1.807) is 6.07 Å². The van der Waals surface area contributed by atoms with Gasteiger partial charge in [0.25, 0.3) is 0 Å². The van der Waals surface area contributed by atoms with Crippen molar-refractivity contribution < 1.29 is 14.4 Å². The summed E-state index contributed by atoms with van der Waals surface area (Å²) >= 11 is 0. The summed E-state index contributed by atoms with van der Waals surface area (Å²) < 4.78 is 0. The van der Waals surface area contributed by atoms with Crippen LogP contribution in [0.2, 0.25) is 0 Å². The molecule has 8 nitrogen and oxygen atoms in total. The number of benzene rings is 1. The number of nitrogens with zero attached hydrogens (tertiary/aromatic N) is 3. The lowest BCUT2D eigenvalue weighted by molar-refractivity contribution is -0.136. The van der Waals surface area contributed by atoms with Crippen molar-refractivity contribution in [1.29, 1.82) is 0 Å². The Hall–Kier alpha value is -3.26. The minimum atomic E-state index is -0.156. The molecule has 1 unspecified atom stereocenters. The van der Waals surface area contributed by atoms with Crippen LogP contribution in [0.3, 0.4) is 0 Å². The molecule has 1 aromatic heterocycles. The highest BCUT2D eigenvalue weighted by atomic mass is 16.2. The fourth-order valence-corrected chi connectivity index (χ4v) is 4.70. The zero-order valence-electron chi connectivity index (χ0n) is 19.7. The summed E-state index contributed by atoms with van der Waals surface area (Å²) in [6.07, 6.45) is 3.02. The molecule has 34 heavy (non-hydrogen) atoms. The van der Waals surface area contributed by atoms with Crippen LogP contribution in [-0.2, 0) is 14.4 Å². The number of piperidine rings is 2. The Labute approximate surface area is 200 Å². The minimum absolute atomic E-state index is 0.0197. The average molecular weight is 464 g/mol. The van der Waals surface area contributed by atoms with Gasteiger partial charge in [0.15, 0.2) is 0 Å². The van der Waals surface area contributed by atoms with E-state index in [0.717, 1.165) is 30.8 Å². The molecular weight excluding hydrogens is 430 g/mol. The SMILES string of the molecule is Cc1cccc(NC(=O)C2CCCN(CC(=O)N3CCC(C(=O)Nc4ccccc4)CC3)C2)n1. The minimum Gasteiger partial charge on any atom is -0.342 e. The van der Waals surface area contributed by atoms with E-state index in [2.05, 4.69) is 20.5 Å². The lowest BCUT2D eigenvalue weighted by Gasteiger charge is -2.35. The molecule has 3 heterocycles. The molecule has 2 aromatic rings. The number of carbonyl (C=O) groups is 3. The predicted octanol–water partition coefficient (Wildman–Crippen LogP) is 2.92. The predicted molar refractivity (Wildman–Crippen MR) is 131 cm³/mol. The van der Waals surface area contributed by atoms with Gasteiger partial charge < -0.3 is 15.5 Å². The van der Waals surface area contributed by atoms with Crippen LogP contribution in [0, 0.1) is 18.8 Å². The van der Waals surface area contributed by atoms with Gasteiger partial charge in [-0.25, -0.2) is 4.98 Å². The van der Waals surface area contributed by atoms with Gasteiger partial charge in [0, 0.05) is 36.9 Å². The summed E-state index contributed by atoms with van der Waals surface area (Å²) in [6.45, 7) is 4.76. The smallest absolute Gasteiger partial charge is 0.236 e. The highest BCUT2D eigenvalue weighted by Crippen LogP contribution is 2.22. The molecule has 2 saturated heterocycles. The van der Waals surface area contributed by atoms with E-state index in [-0.39, 0.29) is 29.6 Å². The molecule has 2 N–H and O–H groups in total. The van der Waals surface area contributed by atoms with Crippen LogP contribution in [0.5, 0.6) is 0 Å². The standard InChI is InChI=1S/C26H33N5O3/c1-19-7-5-11-23(27-19)29-26(34)21-8-6-14-30(17-21)18-24(32)31-15-12-20(13-16-31)25(33)28-22-9-3-2-4-10-22/h2-5,7,9-11,20-21H,6,8,12-18H2,1H3,(H,28,33)(H,27,29,34). The topological polar surface area (TPSA) is 94.6 Å². The van der Waals surface area contributed by atoms with E-state index in [1.165, 1.54) is 0 Å². The van der Waals surface area contributed by atoms with Crippen LogP contribution in [0.1, 0.15) is 31.4 Å². The van der Waals surface area contributed by atoms with Gasteiger partial charge >= 0.3 is 0 Å². The molecule has 1 aromatic carbocycles. The van der Waals surface area contributed by atoms with E-state index in [9.17, 15) is 14.4 Å². The monoisotopic (exact) mass is 463 g/mol. The van der Waals surface area contributed by atoms with Crippen LogP contribution in [0.15, 0.2) is 48.5 Å². The number of pyridine rings is 1. The Morgan fingerprint density at radius 1 is 0.882 bits per heavy atom. The first kappa shape index (κ1) is 23.9. The summed E-state index contributed by atoms with van der Waals surface area (Å²) in [7, 11) is 0. The van der Waals surface area contributed by atoms with Gasteiger partial charge in [-0.05, 0) is 63.4 Å². The van der Waals surface area contributed by atoms with Gasteiger partial charge in [0.05, 0.1) is 12.5 Å². The van der Waals surface area contributed by atoms with Crippen LogP contribution < -0.4 is 10.6 Å². The van der Waals surface area contributed by atoms with E-state index in [0.29, 0.717) is 44.8 Å². The molecule has 4 rings (SSSR count).